The molecule has 0 spiro atoms. The second-order valence-corrected chi connectivity index (χ2v) is 5.43. The summed E-state index contributed by atoms with van der Waals surface area (Å²) in [6.45, 7) is 3.47. The van der Waals surface area contributed by atoms with E-state index in [0.717, 1.165) is 0 Å². The van der Waals surface area contributed by atoms with Gasteiger partial charge in [-0.05, 0) is 32.0 Å². The van der Waals surface area contributed by atoms with Crippen LogP contribution in [0.1, 0.15) is 13.8 Å². The van der Waals surface area contributed by atoms with Crippen LogP contribution in [0.3, 0.4) is 0 Å². The highest BCUT2D eigenvalue weighted by Crippen LogP contribution is 2.29. The van der Waals surface area contributed by atoms with Gasteiger partial charge in [-0.25, -0.2) is 0 Å². The van der Waals surface area contributed by atoms with E-state index in [1.807, 2.05) is 0 Å². The Bertz CT molecular complexity index is 456. The Morgan fingerprint density at radius 1 is 1.40 bits per heavy atom. The van der Waals surface area contributed by atoms with Crippen LogP contribution in [-0.2, 0) is 10.2 Å². The standard InChI is InChI=1S/C9H10BrFO3S/c1-6(2)14-8-4-3-7(10)5-9(8)15(11,12)13/h3-6H,1-2H3. The van der Waals surface area contributed by atoms with Crippen LogP contribution in [0.25, 0.3) is 0 Å². The summed E-state index contributed by atoms with van der Waals surface area (Å²) in [4.78, 5) is -0.453. The van der Waals surface area contributed by atoms with Gasteiger partial charge in [0.15, 0.2) is 0 Å². The summed E-state index contributed by atoms with van der Waals surface area (Å²) < 4.78 is 40.2. The van der Waals surface area contributed by atoms with E-state index in [9.17, 15) is 12.3 Å². The van der Waals surface area contributed by atoms with Gasteiger partial charge in [0, 0.05) is 4.47 Å². The van der Waals surface area contributed by atoms with Gasteiger partial charge in [0.1, 0.15) is 10.6 Å². The van der Waals surface area contributed by atoms with Gasteiger partial charge in [-0.15, -0.1) is 3.89 Å². The third-order valence-corrected chi connectivity index (χ3v) is 2.87. The van der Waals surface area contributed by atoms with Crippen molar-refractivity contribution in [3.63, 3.8) is 0 Å². The minimum Gasteiger partial charge on any atom is -0.490 e. The minimum absolute atomic E-state index is 0.0238. The zero-order valence-corrected chi connectivity index (χ0v) is 10.6. The maximum Gasteiger partial charge on any atom is 0.335 e. The third kappa shape index (κ3) is 3.46. The van der Waals surface area contributed by atoms with Gasteiger partial charge in [0.2, 0.25) is 0 Å². The summed E-state index contributed by atoms with van der Waals surface area (Å²) >= 11 is 3.07. The fourth-order valence-corrected chi connectivity index (χ4v) is 2.16. The van der Waals surface area contributed by atoms with Crippen molar-refractivity contribution in [2.75, 3.05) is 0 Å². The molecule has 0 unspecified atom stereocenters. The average Bonchev–Trinajstić information content (AvgIpc) is 2.05. The van der Waals surface area contributed by atoms with Crippen molar-refractivity contribution < 1.29 is 17.0 Å². The van der Waals surface area contributed by atoms with E-state index in [2.05, 4.69) is 15.9 Å². The van der Waals surface area contributed by atoms with E-state index in [0.29, 0.717) is 4.47 Å². The molecule has 84 valence electrons. The van der Waals surface area contributed by atoms with Crippen LogP contribution in [-0.4, -0.2) is 14.5 Å². The molecule has 0 saturated carbocycles. The van der Waals surface area contributed by atoms with Gasteiger partial charge in [0.05, 0.1) is 6.10 Å². The summed E-state index contributed by atoms with van der Waals surface area (Å²) in [7, 11) is -4.76. The highest BCUT2D eigenvalue weighted by Gasteiger charge is 2.19. The van der Waals surface area contributed by atoms with Crippen LogP contribution in [0.15, 0.2) is 27.6 Å². The first-order valence-corrected chi connectivity index (χ1v) is 6.39. The molecule has 0 aliphatic carbocycles. The molecular formula is C9H10BrFO3S. The number of rotatable bonds is 3. The van der Waals surface area contributed by atoms with E-state index in [1.165, 1.54) is 12.1 Å². The minimum atomic E-state index is -4.76. The molecule has 0 heterocycles. The Kier molecular flexibility index (Phi) is 3.72. The van der Waals surface area contributed by atoms with Crippen LogP contribution >= 0.6 is 15.9 Å². The second kappa shape index (κ2) is 4.49. The van der Waals surface area contributed by atoms with Gasteiger partial charge in [-0.1, -0.05) is 15.9 Å². The van der Waals surface area contributed by atoms with E-state index in [4.69, 9.17) is 4.74 Å². The van der Waals surface area contributed by atoms with Crippen LogP contribution in [0.4, 0.5) is 3.89 Å². The Morgan fingerprint density at radius 3 is 2.47 bits per heavy atom. The number of benzene rings is 1. The van der Waals surface area contributed by atoms with Gasteiger partial charge in [-0.2, -0.15) is 8.42 Å². The predicted octanol–water partition coefficient (Wildman–Crippen LogP) is 2.89. The van der Waals surface area contributed by atoms with E-state index in [-0.39, 0.29) is 11.9 Å². The van der Waals surface area contributed by atoms with Gasteiger partial charge >= 0.3 is 10.2 Å². The average molecular weight is 297 g/mol. The molecule has 3 nitrogen and oxygen atoms in total. The molecule has 1 aromatic carbocycles. The highest BCUT2D eigenvalue weighted by atomic mass is 79.9. The van der Waals surface area contributed by atoms with Gasteiger partial charge in [0.25, 0.3) is 0 Å². The number of halogens is 2. The fourth-order valence-electron chi connectivity index (χ4n) is 1.02. The Hall–Kier alpha value is -0.620. The normalized spacial score (nSPS) is 11.8. The predicted molar refractivity (Wildman–Crippen MR) is 58.2 cm³/mol. The van der Waals surface area contributed by atoms with E-state index in [1.54, 1.807) is 19.9 Å². The SMILES string of the molecule is CC(C)Oc1ccc(Br)cc1S(=O)(=O)F. The molecule has 0 saturated heterocycles. The molecule has 0 radical (unpaired) electrons. The first kappa shape index (κ1) is 12.4. The summed E-state index contributed by atoms with van der Waals surface area (Å²) in [5.74, 6) is 0.0238. The maximum atomic E-state index is 12.9. The van der Waals surface area contributed by atoms with Crippen molar-refractivity contribution >= 4 is 26.2 Å². The third-order valence-electron chi connectivity index (χ3n) is 1.53. The molecule has 0 N–H and O–H groups in total. The van der Waals surface area contributed by atoms with Crippen molar-refractivity contribution in [1.29, 1.82) is 0 Å². The number of ether oxygens (including phenoxy) is 1. The smallest absolute Gasteiger partial charge is 0.335 e. The van der Waals surface area contributed by atoms with Crippen molar-refractivity contribution in [1.82, 2.24) is 0 Å². The first-order chi connectivity index (χ1) is 6.80. The van der Waals surface area contributed by atoms with E-state index < -0.39 is 15.1 Å². The zero-order chi connectivity index (χ0) is 11.6. The summed E-state index contributed by atoms with van der Waals surface area (Å²) in [5.41, 5.74) is 0. The van der Waals surface area contributed by atoms with Crippen molar-refractivity contribution in [2.24, 2.45) is 0 Å². The first-order valence-electron chi connectivity index (χ1n) is 4.21. The maximum absolute atomic E-state index is 12.9. The molecule has 0 atom stereocenters. The van der Waals surface area contributed by atoms with Crippen LogP contribution in [0, 0.1) is 0 Å². The number of hydrogen-bond donors (Lipinski definition) is 0. The lowest BCUT2D eigenvalue weighted by molar-refractivity contribution is 0.235. The Labute approximate surface area is 96.6 Å². The van der Waals surface area contributed by atoms with Crippen molar-refractivity contribution in [3.05, 3.63) is 22.7 Å². The lowest BCUT2D eigenvalue weighted by Crippen LogP contribution is -2.08. The zero-order valence-electron chi connectivity index (χ0n) is 8.20. The summed E-state index contributed by atoms with van der Waals surface area (Å²) in [6, 6.07) is 4.18. The van der Waals surface area contributed by atoms with Crippen LogP contribution in [0.5, 0.6) is 5.75 Å². The molecule has 6 heteroatoms. The monoisotopic (exact) mass is 296 g/mol. The molecule has 0 bridgehead atoms. The lowest BCUT2D eigenvalue weighted by Gasteiger charge is -2.12. The van der Waals surface area contributed by atoms with Crippen LogP contribution in [0.2, 0.25) is 0 Å². The van der Waals surface area contributed by atoms with E-state index >= 15 is 0 Å². The quantitative estimate of drug-likeness (QED) is 0.806. The molecule has 1 aromatic rings. The summed E-state index contributed by atoms with van der Waals surface area (Å²) in [6.07, 6.45) is -0.216. The molecule has 0 amide bonds. The Morgan fingerprint density at radius 2 is 2.00 bits per heavy atom. The molecule has 1 rings (SSSR count). The molecule has 15 heavy (non-hydrogen) atoms. The van der Waals surface area contributed by atoms with Gasteiger partial charge in [-0.3, -0.25) is 0 Å². The van der Waals surface area contributed by atoms with Gasteiger partial charge < -0.3 is 4.74 Å². The fraction of sp³-hybridized carbons (Fsp3) is 0.333. The molecule has 0 aliphatic heterocycles. The number of hydrogen-bond acceptors (Lipinski definition) is 3. The van der Waals surface area contributed by atoms with Crippen molar-refractivity contribution in [2.45, 2.75) is 24.8 Å². The highest BCUT2D eigenvalue weighted by molar-refractivity contribution is 9.10. The molecule has 0 aromatic heterocycles. The molecule has 0 fully saturated rings. The molecular weight excluding hydrogens is 287 g/mol. The second-order valence-electron chi connectivity index (χ2n) is 3.20. The van der Waals surface area contributed by atoms with Crippen LogP contribution < -0.4 is 4.74 Å². The summed E-state index contributed by atoms with van der Waals surface area (Å²) in [5, 5.41) is 0. The molecule has 0 aliphatic rings. The topological polar surface area (TPSA) is 43.4 Å². The lowest BCUT2D eigenvalue weighted by atomic mass is 10.3. The largest absolute Gasteiger partial charge is 0.490 e. The Balaban J connectivity index is 3.27. The van der Waals surface area contributed by atoms with Crippen molar-refractivity contribution in [3.8, 4) is 5.75 Å².